The minimum absolute atomic E-state index is 0.101. The molecule has 3 fully saturated rings. The topological polar surface area (TPSA) is 87.7 Å². The maximum Gasteiger partial charge on any atom is 0.410 e. The van der Waals surface area contributed by atoms with Crippen LogP contribution in [0.1, 0.15) is 53.5 Å². The molecule has 1 aromatic heterocycles. The fourth-order valence-electron chi connectivity index (χ4n) is 4.36. The molecule has 2 saturated heterocycles. The number of nitrogens with one attached hydrogen (secondary N) is 1. The van der Waals surface area contributed by atoms with Crippen molar-refractivity contribution in [2.24, 2.45) is 0 Å². The van der Waals surface area contributed by atoms with Crippen LogP contribution in [0.4, 0.5) is 10.6 Å². The van der Waals surface area contributed by atoms with Gasteiger partial charge in [0.15, 0.2) is 0 Å². The molecule has 0 aromatic carbocycles. The molecule has 26 heavy (non-hydrogen) atoms. The van der Waals surface area contributed by atoms with E-state index in [0.717, 1.165) is 55.9 Å². The summed E-state index contributed by atoms with van der Waals surface area (Å²) in [7, 11) is 1.78. The van der Waals surface area contributed by atoms with Gasteiger partial charge in [0.25, 0.3) is 5.91 Å². The summed E-state index contributed by atoms with van der Waals surface area (Å²) in [6, 6.07) is 0. The number of fused-ring (bicyclic) bond motifs is 1. The Morgan fingerprint density at radius 3 is 2.81 bits per heavy atom. The highest BCUT2D eigenvalue weighted by molar-refractivity contribution is 5.96. The van der Waals surface area contributed by atoms with Gasteiger partial charge in [0.2, 0.25) is 0 Å². The highest BCUT2D eigenvalue weighted by Gasteiger charge is 2.47. The number of piperidine rings is 1. The van der Waals surface area contributed by atoms with Crippen molar-refractivity contribution in [3.8, 4) is 0 Å². The highest BCUT2D eigenvalue weighted by atomic mass is 16.6. The lowest BCUT2D eigenvalue weighted by atomic mass is 9.92. The summed E-state index contributed by atoms with van der Waals surface area (Å²) in [5.41, 5.74) is 0.995. The number of ether oxygens (including phenoxy) is 1. The van der Waals surface area contributed by atoms with Crippen molar-refractivity contribution in [3.05, 3.63) is 17.1 Å². The van der Waals surface area contributed by atoms with Gasteiger partial charge in [-0.15, -0.1) is 0 Å². The van der Waals surface area contributed by atoms with Crippen molar-refractivity contribution in [1.29, 1.82) is 0 Å². The molecule has 1 N–H and O–H groups in total. The standard InChI is InChI=1S/C18H23N5O3/c1-22-9-18(26-17(22)25)6-2-8-23(10-18)15-12-5-7-19-16(24)13(12)20-14(21-15)11-3-4-11/h11H,2-10H2,1H3,(H,19,24). The minimum Gasteiger partial charge on any atom is -0.439 e. The van der Waals surface area contributed by atoms with Crippen LogP contribution in [0.5, 0.6) is 0 Å². The summed E-state index contributed by atoms with van der Waals surface area (Å²) in [5.74, 6) is 1.94. The number of aromatic nitrogens is 2. The van der Waals surface area contributed by atoms with Gasteiger partial charge in [-0.3, -0.25) is 4.79 Å². The van der Waals surface area contributed by atoms with Gasteiger partial charge < -0.3 is 19.9 Å². The first-order valence-corrected chi connectivity index (χ1v) is 9.43. The van der Waals surface area contributed by atoms with Crippen LogP contribution in [-0.2, 0) is 11.2 Å². The van der Waals surface area contributed by atoms with Gasteiger partial charge in [0.1, 0.15) is 22.9 Å². The second kappa shape index (κ2) is 5.56. The Hall–Kier alpha value is -2.38. The molecule has 1 saturated carbocycles. The van der Waals surface area contributed by atoms with Crippen LogP contribution < -0.4 is 10.2 Å². The predicted octanol–water partition coefficient (Wildman–Crippen LogP) is 1.06. The van der Waals surface area contributed by atoms with Crippen molar-refractivity contribution in [3.63, 3.8) is 0 Å². The van der Waals surface area contributed by atoms with E-state index in [2.05, 4.69) is 15.2 Å². The van der Waals surface area contributed by atoms with Crippen LogP contribution in [-0.4, -0.2) is 65.7 Å². The lowest BCUT2D eigenvalue weighted by Crippen LogP contribution is -2.51. The zero-order valence-electron chi connectivity index (χ0n) is 15.0. The van der Waals surface area contributed by atoms with E-state index in [9.17, 15) is 9.59 Å². The maximum absolute atomic E-state index is 12.4. The molecule has 1 atom stereocenters. The van der Waals surface area contributed by atoms with Crippen molar-refractivity contribution in [2.45, 2.75) is 43.6 Å². The largest absolute Gasteiger partial charge is 0.439 e. The Morgan fingerprint density at radius 2 is 2.08 bits per heavy atom. The number of likely N-dealkylation sites (N-methyl/N-ethyl adjacent to an activating group) is 1. The summed E-state index contributed by atoms with van der Waals surface area (Å²) >= 11 is 0. The Balaban J connectivity index is 1.53. The summed E-state index contributed by atoms with van der Waals surface area (Å²) in [5, 5.41) is 2.89. The molecule has 8 heteroatoms. The molecule has 1 spiro atoms. The van der Waals surface area contributed by atoms with Crippen LogP contribution in [0, 0.1) is 0 Å². The number of carbonyl (C=O) groups is 2. The van der Waals surface area contributed by atoms with Crippen molar-refractivity contribution in [1.82, 2.24) is 20.2 Å². The maximum atomic E-state index is 12.4. The Bertz CT molecular complexity index is 793. The van der Waals surface area contributed by atoms with E-state index in [1.165, 1.54) is 0 Å². The lowest BCUT2D eigenvalue weighted by Gasteiger charge is -2.40. The molecule has 2 amide bonds. The van der Waals surface area contributed by atoms with Crippen LogP contribution in [0.2, 0.25) is 0 Å². The van der Waals surface area contributed by atoms with Gasteiger partial charge in [-0.1, -0.05) is 0 Å². The summed E-state index contributed by atoms with van der Waals surface area (Å²) in [6.45, 7) is 2.70. The van der Waals surface area contributed by atoms with Crippen LogP contribution in [0.25, 0.3) is 0 Å². The third kappa shape index (κ3) is 2.50. The third-order valence-electron chi connectivity index (χ3n) is 5.80. The number of rotatable bonds is 2. The zero-order valence-corrected chi connectivity index (χ0v) is 15.0. The molecule has 8 nitrogen and oxygen atoms in total. The molecule has 1 aromatic rings. The first kappa shape index (κ1) is 15.8. The lowest BCUT2D eigenvalue weighted by molar-refractivity contribution is 0.0445. The van der Waals surface area contributed by atoms with Crippen LogP contribution >= 0.6 is 0 Å². The molecule has 5 rings (SSSR count). The zero-order chi connectivity index (χ0) is 17.9. The fourth-order valence-corrected chi connectivity index (χ4v) is 4.36. The number of hydrogen-bond donors (Lipinski definition) is 1. The second-order valence-corrected chi connectivity index (χ2v) is 7.94. The number of carbonyl (C=O) groups excluding carboxylic acids is 2. The highest BCUT2D eigenvalue weighted by Crippen LogP contribution is 2.41. The van der Waals surface area contributed by atoms with Crippen molar-refractivity contribution >= 4 is 17.8 Å². The van der Waals surface area contributed by atoms with Gasteiger partial charge >= 0.3 is 6.09 Å². The van der Waals surface area contributed by atoms with Gasteiger partial charge in [0, 0.05) is 31.6 Å². The Kier molecular flexibility index (Phi) is 3.39. The van der Waals surface area contributed by atoms with E-state index < -0.39 is 5.60 Å². The molecule has 4 aliphatic rings. The molecule has 0 bridgehead atoms. The number of amides is 2. The average molecular weight is 357 g/mol. The molecule has 1 unspecified atom stereocenters. The van der Waals surface area contributed by atoms with E-state index in [1.54, 1.807) is 11.9 Å². The first-order valence-electron chi connectivity index (χ1n) is 9.43. The van der Waals surface area contributed by atoms with Crippen LogP contribution in [0.3, 0.4) is 0 Å². The van der Waals surface area contributed by atoms with Gasteiger partial charge in [-0.2, -0.15) is 0 Å². The molecular weight excluding hydrogens is 334 g/mol. The normalized spacial score (nSPS) is 28.2. The van der Waals surface area contributed by atoms with Gasteiger partial charge in [0.05, 0.1) is 13.1 Å². The Morgan fingerprint density at radius 1 is 1.23 bits per heavy atom. The molecule has 3 aliphatic heterocycles. The molecule has 4 heterocycles. The van der Waals surface area contributed by atoms with E-state index >= 15 is 0 Å². The minimum atomic E-state index is -0.474. The predicted molar refractivity (Wildman–Crippen MR) is 93.3 cm³/mol. The first-order chi connectivity index (χ1) is 12.5. The summed E-state index contributed by atoms with van der Waals surface area (Å²) in [4.78, 5) is 37.6. The quantitative estimate of drug-likeness (QED) is 0.852. The van der Waals surface area contributed by atoms with Crippen LogP contribution in [0.15, 0.2) is 0 Å². The monoisotopic (exact) mass is 357 g/mol. The smallest absolute Gasteiger partial charge is 0.410 e. The van der Waals surface area contributed by atoms with E-state index in [0.29, 0.717) is 31.2 Å². The van der Waals surface area contributed by atoms with E-state index in [-0.39, 0.29) is 12.0 Å². The number of anilines is 1. The van der Waals surface area contributed by atoms with Gasteiger partial charge in [-0.05, 0) is 32.1 Å². The Labute approximate surface area is 151 Å². The summed E-state index contributed by atoms with van der Waals surface area (Å²) in [6.07, 6.45) is 4.46. The van der Waals surface area contributed by atoms with Gasteiger partial charge in [-0.25, -0.2) is 14.8 Å². The van der Waals surface area contributed by atoms with E-state index in [4.69, 9.17) is 9.72 Å². The van der Waals surface area contributed by atoms with Crippen molar-refractivity contribution in [2.75, 3.05) is 38.1 Å². The fraction of sp³-hybridized carbons (Fsp3) is 0.667. The molecule has 138 valence electrons. The summed E-state index contributed by atoms with van der Waals surface area (Å²) < 4.78 is 5.73. The SMILES string of the molecule is CN1CC2(CCCN(c3nc(C4CC4)nc4c3CCNC4=O)C2)OC1=O. The average Bonchev–Trinajstić information content (AvgIpc) is 3.42. The number of nitrogens with zero attached hydrogens (tertiary/aromatic N) is 4. The third-order valence-corrected chi connectivity index (χ3v) is 5.80. The number of hydrogen-bond acceptors (Lipinski definition) is 6. The second-order valence-electron chi connectivity index (χ2n) is 7.94. The molecule has 1 aliphatic carbocycles. The molecular formula is C18H23N5O3. The van der Waals surface area contributed by atoms with Crippen molar-refractivity contribution < 1.29 is 14.3 Å². The molecule has 0 radical (unpaired) electrons. The van der Waals surface area contributed by atoms with E-state index in [1.807, 2.05) is 0 Å².